The monoisotopic (exact) mass is 628 g/mol. The summed E-state index contributed by atoms with van der Waals surface area (Å²) in [6, 6.07) is 46.6. The minimum Gasteiger partial charge on any atom is -0.250 e. The number of allylic oxidation sites excluding steroid dienone is 4. The minimum absolute atomic E-state index is 0.270. The fraction of sp³-hybridized carbons (Fsp3) is 0.111. The summed E-state index contributed by atoms with van der Waals surface area (Å²) in [5.41, 5.74) is 12.6. The Bertz CT molecular complexity index is 2610. The highest BCUT2D eigenvalue weighted by Crippen LogP contribution is 2.51. The quantitative estimate of drug-likeness (QED) is 0.179. The van der Waals surface area contributed by atoms with E-state index in [-0.39, 0.29) is 5.41 Å². The summed E-state index contributed by atoms with van der Waals surface area (Å²) < 4.78 is 4.14. The van der Waals surface area contributed by atoms with Crippen molar-refractivity contribution in [2.24, 2.45) is 0 Å². The SMILES string of the molecule is CC1(C)c2cc3c(cc2-c2cc4nc(-c5ccccc5)n(C#Cc5ccccc5)c4cc21)nc(C1=CCCC=C1)n3C#Cc1ccccc1. The van der Waals surface area contributed by atoms with Gasteiger partial charge in [-0.2, -0.15) is 0 Å². The standard InChI is InChI=1S/C45H32N4/c1-45(2)37-29-41-39(46-43(33-19-11-5-12-20-33)48(41)25-23-31-15-7-3-8-16-31)27-35(37)36-28-40-42(30-38(36)45)49(26-24-32-17-9-4-10-18-32)44(47-40)34-21-13-6-14-22-34/h3-5,7-13,15-22,27-30H,6,14H2,1-2H3. The maximum Gasteiger partial charge on any atom is 0.152 e. The van der Waals surface area contributed by atoms with E-state index in [0.29, 0.717) is 0 Å². The van der Waals surface area contributed by atoms with E-state index < -0.39 is 0 Å². The second kappa shape index (κ2) is 11.4. The minimum atomic E-state index is -0.270. The molecule has 0 aliphatic heterocycles. The summed E-state index contributed by atoms with van der Waals surface area (Å²) >= 11 is 0. The highest BCUT2D eigenvalue weighted by atomic mass is 15.1. The molecule has 0 bridgehead atoms. The Kier molecular flexibility index (Phi) is 6.71. The topological polar surface area (TPSA) is 35.6 Å². The van der Waals surface area contributed by atoms with Crippen LogP contribution in [0.4, 0.5) is 0 Å². The summed E-state index contributed by atoms with van der Waals surface area (Å²) in [5.74, 6) is 8.49. The van der Waals surface area contributed by atoms with Crippen molar-refractivity contribution in [1.82, 2.24) is 19.1 Å². The Morgan fingerprint density at radius 3 is 1.63 bits per heavy atom. The van der Waals surface area contributed by atoms with Crippen molar-refractivity contribution in [3.05, 3.63) is 162 Å². The molecule has 2 aliphatic rings. The van der Waals surface area contributed by atoms with Gasteiger partial charge < -0.3 is 0 Å². The molecule has 49 heavy (non-hydrogen) atoms. The van der Waals surface area contributed by atoms with Crippen LogP contribution in [0.2, 0.25) is 0 Å². The van der Waals surface area contributed by atoms with Crippen LogP contribution in [0.1, 0.15) is 54.8 Å². The Hall–Kier alpha value is -6.36. The summed E-state index contributed by atoms with van der Waals surface area (Å²) in [6.07, 6.45) is 8.72. The lowest BCUT2D eigenvalue weighted by Crippen LogP contribution is -2.15. The van der Waals surface area contributed by atoms with E-state index in [4.69, 9.17) is 9.97 Å². The molecule has 0 atom stereocenters. The Morgan fingerprint density at radius 2 is 1.10 bits per heavy atom. The molecule has 0 saturated heterocycles. The van der Waals surface area contributed by atoms with E-state index in [1.807, 2.05) is 78.9 Å². The fourth-order valence-corrected chi connectivity index (χ4v) is 7.14. The molecule has 4 heteroatoms. The maximum absolute atomic E-state index is 5.22. The molecule has 9 rings (SSSR count). The molecule has 0 amide bonds. The lowest BCUT2D eigenvalue weighted by molar-refractivity contribution is 0.661. The van der Waals surface area contributed by atoms with Crippen LogP contribution in [0.25, 0.3) is 50.2 Å². The molecule has 0 radical (unpaired) electrons. The average molecular weight is 629 g/mol. The van der Waals surface area contributed by atoms with Gasteiger partial charge in [-0.3, -0.25) is 0 Å². The molecular formula is C45H32N4. The second-order valence-electron chi connectivity index (χ2n) is 13.2. The molecule has 7 aromatic rings. The van der Waals surface area contributed by atoms with Crippen LogP contribution in [0, 0.1) is 23.9 Å². The van der Waals surface area contributed by atoms with E-state index >= 15 is 0 Å². The zero-order valence-corrected chi connectivity index (χ0v) is 27.4. The highest BCUT2D eigenvalue weighted by molar-refractivity contribution is 5.97. The number of nitrogens with zero attached hydrogens (tertiary/aromatic N) is 4. The second-order valence-corrected chi connectivity index (χ2v) is 13.2. The van der Waals surface area contributed by atoms with Crippen LogP contribution in [-0.4, -0.2) is 19.1 Å². The van der Waals surface area contributed by atoms with Gasteiger partial charge in [0.25, 0.3) is 0 Å². The Balaban J connectivity index is 1.25. The third kappa shape index (κ3) is 4.89. The van der Waals surface area contributed by atoms with Crippen LogP contribution in [0.15, 0.2) is 133 Å². The number of rotatable bonds is 2. The Labute approximate surface area is 286 Å². The number of imidazole rings is 2. The molecule has 2 aromatic heterocycles. The van der Waals surface area contributed by atoms with Crippen LogP contribution in [0.3, 0.4) is 0 Å². The van der Waals surface area contributed by atoms with Crippen LogP contribution < -0.4 is 0 Å². The van der Waals surface area contributed by atoms with E-state index in [2.05, 4.69) is 102 Å². The van der Waals surface area contributed by atoms with Crippen LogP contribution in [0.5, 0.6) is 0 Å². The lowest BCUT2D eigenvalue weighted by atomic mass is 9.82. The van der Waals surface area contributed by atoms with E-state index in [9.17, 15) is 0 Å². The van der Waals surface area contributed by atoms with Gasteiger partial charge in [0, 0.05) is 39.8 Å². The van der Waals surface area contributed by atoms with E-state index in [0.717, 1.165) is 68.8 Å². The third-order valence-electron chi connectivity index (χ3n) is 9.68. The summed E-state index contributed by atoms with van der Waals surface area (Å²) in [5, 5.41) is 0. The number of aromatic nitrogens is 4. The van der Waals surface area contributed by atoms with Gasteiger partial charge in [-0.15, -0.1) is 0 Å². The first-order chi connectivity index (χ1) is 24.0. The average Bonchev–Trinajstić information content (AvgIpc) is 3.77. The summed E-state index contributed by atoms with van der Waals surface area (Å²) in [7, 11) is 0. The first-order valence-electron chi connectivity index (χ1n) is 16.8. The van der Waals surface area contributed by atoms with Gasteiger partial charge in [0.1, 0.15) is 0 Å². The predicted molar refractivity (Wildman–Crippen MR) is 200 cm³/mol. The van der Waals surface area contributed by atoms with Crippen molar-refractivity contribution in [2.45, 2.75) is 32.1 Å². The molecule has 0 spiro atoms. The van der Waals surface area contributed by atoms with Gasteiger partial charge in [-0.25, -0.2) is 19.1 Å². The molecule has 4 nitrogen and oxygen atoms in total. The molecular weight excluding hydrogens is 597 g/mol. The van der Waals surface area contributed by atoms with Gasteiger partial charge in [0.2, 0.25) is 0 Å². The first-order valence-corrected chi connectivity index (χ1v) is 16.8. The van der Waals surface area contributed by atoms with Gasteiger partial charge in [-0.1, -0.05) is 98.8 Å². The predicted octanol–water partition coefficient (Wildman–Crippen LogP) is 9.81. The molecule has 0 saturated carbocycles. The highest BCUT2D eigenvalue weighted by Gasteiger charge is 2.37. The van der Waals surface area contributed by atoms with Crippen molar-refractivity contribution in [3.8, 4) is 46.4 Å². The molecule has 2 aliphatic carbocycles. The number of hydrogen-bond acceptors (Lipinski definition) is 2. The van der Waals surface area contributed by atoms with Crippen molar-refractivity contribution < 1.29 is 0 Å². The van der Waals surface area contributed by atoms with E-state index in [1.54, 1.807) is 0 Å². The Morgan fingerprint density at radius 1 is 0.592 bits per heavy atom. The normalized spacial score (nSPS) is 14.0. The zero-order valence-electron chi connectivity index (χ0n) is 27.4. The lowest BCUT2D eigenvalue weighted by Gasteiger charge is -2.21. The van der Waals surface area contributed by atoms with Crippen LogP contribution in [-0.2, 0) is 5.41 Å². The van der Waals surface area contributed by atoms with Crippen molar-refractivity contribution in [2.75, 3.05) is 0 Å². The number of fused-ring (bicyclic) bond motifs is 5. The summed E-state index contributed by atoms with van der Waals surface area (Å²) in [6.45, 7) is 4.63. The molecule has 0 unspecified atom stereocenters. The number of benzene rings is 5. The van der Waals surface area contributed by atoms with Gasteiger partial charge in [-0.05, 0) is 95.5 Å². The summed E-state index contributed by atoms with van der Waals surface area (Å²) in [4.78, 5) is 10.4. The largest absolute Gasteiger partial charge is 0.250 e. The third-order valence-corrected chi connectivity index (χ3v) is 9.68. The van der Waals surface area contributed by atoms with Gasteiger partial charge >= 0.3 is 0 Å². The maximum atomic E-state index is 5.22. The van der Waals surface area contributed by atoms with Crippen molar-refractivity contribution in [1.29, 1.82) is 0 Å². The molecule has 5 aromatic carbocycles. The van der Waals surface area contributed by atoms with Gasteiger partial charge in [0.05, 0.1) is 22.1 Å². The molecule has 2 heterocycles. The molecule has 0 fully saturated rings. The van der Waals surface area contributed by atoms with E-state index in [1.165, 1.54) is 22.3 Å². The zero-order chi connectivity index (χ0) is 33.0. The molecule has 0 N–H and O–H groups in total. The van der Waals surface area contributed by atoms with Crippen molar-refractivity contribution >= 4 is 27.6 Å². The smallest absolute Gasteiger partial charge is 0.152 e. The number of hydrogen-bond donors (Lipinski definition) is 0. The van der Waals surface area contributed by atoms with Crippen LogP contribution >= 0.6 is 0 Å². The fourth-order valence-electron chi connectivity index (χ4n) is 7.14. The van der Waals surface area contributed by atoms with Crippen molar-refractivity contribution in [3.63, 3.8) is 0 Å². The molecule has 232 valence electrons. The first kappa shape index (κ1) is 28.8. The van der Waals surface area contributed by atoms with Gasteiger partial charge in [0.15, 0.2) is 11.6 Å².